The molecule has 0 saturated carbocycles. The number of carbonyl (C=O) groups excluding carboxylic acids is 4. The van der Waals surface area contributed by atoms with E-state index in [9.17, 15) is 43.2 Å². The Morgan fingerprint density at radius 3 is 0.642 bits per heavy atom. The fraction of sp³-hybridized carbons (Fsp3) is 0.954. The van der Waals surface area contributed by atoms with Crippen molar-refractivity contribution in [1.82, 2.24) is 0 Å². The third-order valence-electron chi connectivity index (χ3n) is 20.4. The monoisotopic (exact) mass is 1550 g/mol. The predicted molar refractivity (Wildman–Crippen MR) is 437 cm³/mol. The Bertz CT molecular complexity index is 2040. The summed E-state index contributed by atoms with van der Waals surface area (Å²) in [5, 5.41) is 10.7. The van der Waals surface area contributed by atoms with Crippen molar-refractivity contribution in [3.63, 3.8) is 0 Å². The molecule has 630 valence electrons. The van der Waals surface area contributed by atoms with Gasteiger partial charge in [-0.15, -0.1) is 0 Å². The minimum Gasteiger partial charge on any atom is -0.462 e. The molecule has 0 aliphatic carbocycles. The molecule has 0 amide bonds. The zero-order valence-corrected chi connectivity index (χ0v) is 71.7. The molecule has 0 heterocycles. The molecule has 0 aliphatic rings. The molecule has 2 unspecified atom stereocenters. The number of phosphoric ester groups is 2. The van der Waals surface area contributed by atoms with Gasteiger partial charge in [-0.05, 0) is 43.4 Å². The van der Waals surface area contributed by atoms with Gasteiger partial charge in [0.2, 0.25) is 0 Å². The second-order valence-corrected chi connectivity index (χ2v) is 35.6. The zero-order valence-electron chi connectivity index (χ0n) is 69.9. The highest BCUT2D eigenvalue weighted by Gasteiger charge is 2.30. The normalized spacial score (nSPS) is 13.9. The van der Waals surface area contributed by atoms with Crippen LogP contribution in [0, 0.1) is 17.8 Å². The van der Waals surface area contributed by atoms with Gasteiger partial charge in [-0.1, -0.05) is 408 Å². The van der Waals surface area contributed by atoms with Gasteiger partial charge in [0.05, 0.1) is 26.4 Å². The van der Waals surface area contributed by atoms with Crippen LogP contribution in [0.3, 0.4) is 0 Å². The fourth-order valence-electron chi connectivity index (χ4n) is 13.5. The number of ether oxygens (including phenoxy) is 4. The number of hydrogen-bond donors (Lipinski definition) is 3. The largest absolute Gasteiger partial charge is 0.472 e. The third kappa shape index (κ3) is 80.1. The molecule has 0 saturated heterocycles. The van der Waals surface area contributed by atoms with Crippen molar-refractivity contribution in [3.05, 3.63) is 0 Å². The lowest BCUT2D eigenvalue weighted by molar-refractivity contribution is -0.161. The molecule has 0 rings (SSSR count). The van der Waals surface area contributed by atoms with Gasteiger partial charge in [-0.2, -0.15) is 0 Å². The second-order valence-electron chi connectivity index (χ2n) is 32.7. The molecule has 17 nitrogen and oxygen atoms in total. The van der Waals surface area contributed by atoms with Gasteiger partial charge in [-0.3, -0.25) is 37.3 Å². The number of aliphatic hydroxyl groups excluding tert-OH is 1. The molecular formula is C87H170O17P2. The highest BCUT2D eigenvalue weighted by Crippen LogP contribution is 2.45. The number of aliphatic hydroxyl groups is 1. The summed E-state index contributed by atoms with van der Waals surface area (Å²) in [6, 6.07) is 0. The molecule has 0 aromatic carbocycles. The van der Waals surface area contributed by atoms with E-state index in [1.165, 1.54) is 257 Å². The fourth-order valence-corrected chi connectivity index (χ4v) is 15.1. The van der Waals surface area contributed by atoms with E-state index in [2.05, 4.69) is 48.5 Å². The molecule has 0 aromatic heterocycles. The standard InChI is InChI=1S/C87H170O17P2/c1-8-9-10-11-44-54-61-68-84(89)97-74-82(103-86(91)70-63-57-50-43-37-31-25-19-17-22-28-34-40-47-53-60-67-80(6)7)76-101-105(93,94)99-72-81(88)73-100-106(95,96)102-77-83(75-98-85(90)69-62-55-48-41-35-29-23-18-16-21-27-33-39-46-52-59-66-79(4)5)104-87(92)71-64-56-49-42-36-30-24-15-13-12-14-20-26-32-38-45-51-58-65-78(2)3/h78-83,88H,8-77H2,1-7H3,(H,93,94)(H,95,96)/t81-,82+,83+/m0/s1. The van der Waals surface area contributed by atoms with Crippen molar-refractivity contribution in [3.8, 4) is 0 Å². The molecule has 0 aliphatic heterocycles. The summed E-state index contributed by atoms with van der Waals surface area (Å²) in [6.45, 7) is 12.0. The number of rotatable bonds is 85. The molecule has 0 bridgehead atoms. The summed E-state index contributed by atoms with van der Waals surface area (Å²) in [5.41, 5.74) is 0. The van der Waals surface area contributed by atoms with Crippen LogP contribution in [-0.2, 0) is 65.4 Å². The van der Waals surface area contributed by atoms with Crippen LogP contribution in [0.2, 0.25) is 0 Å². The maximum atomic E-state index is 13.1. The molecule has 3 N–H and O–H groups in total. The molecule has 106 heavy (non-hydrogen) atoms. The lowest BCUT2D eigenvalue weighted by Crippen LogP contribution is -2.30. The van der Waals surface area contributed by atoms with E-state index >= 15 is 0 Å². The first-order chi connectivity index (χ1) is 51.2. The van der Waals surface area contributed by atoms with Gasteiger partial charge in [0, 0.05) is 25.7 Å². The van der Waals surface area contributed by atoms with E-state index in [4.69, 9.17) is 37.0 Å². The van der Waals surface area contributed by atoms with E-state index in [0.29, 0.717) is 25.7 Å². The van der Waals surface area contributed by atoms with Crippen LogP contribution < -0.4 is 0 Å². The number of unbranched alkanes of at least 4 members (excludes halogenated alkanes) is 53. The van der Waals surface area contributed by atoms with Crippen LogP contribution in [0.15, 0.2) is 0 Å². The zero-order chi connectivity index (χ0) is 77.9. The van der Waals surface area contributed by atoms with Crippen molar-refractivity contribution >= 4 is 39.5 Å². The van der Waals surface area contributed by atoms with Crippen LogP contribution >= 0.6 is 15.6 Å². The molecule has 0 aromatic rings. The average molecular weight is 1550 g/mol. The molecule has 0 radical (unpaired) electrons. The van der Waals surface area contributed by atoms with Crippen molar-refractivity contribution < 1.29 is 80.2 Å². The highest BCUT2D eigenvalue weighted by atomic mass is 31.2. The maximum absolute atomic E-state index is 13.1. The Kier molecular flexibility index (Phi) is 75.6. The van der Waals surface area contributed by atoms with Crippen LogP contribution in [0.4, 0.5) is 0 Å². The number of esters is 4. The van der Waals surface area contributed by atoms with E-state index < -0.39 is 97.5 Å². The first-order valence-electron chi connectivity index (χ1n) is 44.8. The number of phosphoric acid groups is 2. The summed E-state index contributed by atoms with van der Waals surface area (Å²) in [5.74, 6) is 0.335. The Morgan fingerprint density at radius 1 is 0.255 bits per heavy atom. The van der Waals surface area contributed by atoms with Crippen LogP contribution in [0.1, 0.15) is 459 Å². The number of hydrogen-bond acceptors (Lipinski definition) is 15. The van der Waals surface area contributed by atoms with Crippen LogP contribution in [0.5, 0.6) is 0 Å². The third-order valence-corrected chi connectivity index (χ3v) is 22.3. The minimum absolute atomic E-state index is 0.108. The minimum atomic E-state index is -4.97. The van der Waals surface area contributed by atoms with E-state index in [1.54, 1.807) is 0 Å². The van der Waals surface area contributed by atoms with E-state index in [1.807, 2.05) is 0 Å². The van der Waals surface area contributed by atoms with Gasteiger partial charge < -0.3 is 33.8 Å². The Labute approximate surface area is 651 Å². The van der Waals surface area contributed by atoms with Crippen LogP contribution in [0.25, 0.3) is 0 Å². The summed E-state index contributed by atoms with van der Waals surface area (Å²) in [6.07, 6.45) is 68.3. The molecule has 0 spiro atoms. The summed E-state index contributed by atoms with van der Waals surface area (Å²) < 4.78 is 68.8. The smallest absolute Gasteiger partial charge is 0.462 e. The number of carbonyl (C=O) groups is 4. The molecule has 5 atom stereocenters. The molecule has 0 fully saturated rings. The Hall–Kier alpha value is -1.94. The Morgan fingerprint density at radius 2 is 0.434 bits per heavy atom. The molecule has 19 heteroatoms. The quantitative estimate of drug-likeness (QED) is 0.0222. The molecular weight excluding hydrogens is 1380 g/mol. The lowest BCUT2D eigenvalue weighted by atomic mass is 10.0. The lowest BCUT2D eigenvalue weighted by Gasteiger charge is -2.21. The first kappa shape index (κ1) is 104. The average Bonchev–Trinajstić information content (AvgIpc) is 0.903. The van der Waals surface area contributed by atoms with Gasteiger partial charge in [0.15, 0.2) is 12.2 Å². The van der Waals surface area contributed by atoms with Crippen molar-refractivity contribution in [2.24, 2.45) is 17.8 Å². The summed E-state index contributed by atoms with van der Waals surface area (Å²) in [4.78, 5) is 73.1. The Balaban J connectivity index is 5.16. The van der Waals surface area contributed by atoms with Gasteiger partial charge >= 0.3 is 39.5 Å². The highest BCUT2D eigenvalue weighted by molar-refractivity contribution is 7.47. The topological polar surface area (TPSA) is 237 Å². The maximum Gasteiger partial charge on any atom is 0.472 e. The SMILES string of the molecule is CCCCCCCCCC(=O)OC[C@H](COP(=O)(O)OC[C@H](O)COP(=O)(O)OC[C@@H](COC(=O)CCCCCCCCCCCCCCCCCCC(C)C)OC(=O)CCCCCCCCCCCCCCCCCCCCC(C)C)OC(=O)CCCCCCCCCCCCCCCCCCC(C)C. The van der Waals surface area contributed by atoms with Gasteiger partial charge in [0.1, 0.15) is 19.3 Å². The van der Waals surface area contributed by atoms with Gasteiger partial charge in [-0.25, -0.2) is 9.13 Å². The van der Waals surface area contributed by atoms with Crippen molar-refractivity contribution in [2.45, 2.75) is 478 Å². The summed E-state index contributed by atoms with van der Waals surface area (Å²) >= 11 is 0. The predicted octanol–water partition coefficient (Wildman–Crippen LogP) is 26.5. The van der Waals surface area contributed by atoms with Gasteiger partial charge in [0.25, 0.3) is 0 Å². The van der Waals surface area contributed by atoms with Crippen LogP contribution in [-0.4, -0.2) is 96.7 Å². The second kappa shape index (κ2) is 77.0. The van der Waals surface area contributed by atoms with Crippen molar-refractivity contribution in [2.75, 3.05) is 39.6 Å². The van der Waals surface area contributed by atoms with Crippen molar-refractivity contribution in [1.29, 1.82) is 0 Å². The van der Waals surface area contributed by atoms with E-state index in [-0.39, 0.29) is 25.7 Å². The summed E-state index contributed by atoms with van der Waals surface area (Å²) in [7, 11) is -9.92. The first-order valence-corrected chi connectivity index (χ1v) is 47.8. The van der Waals surface area contributed by atoms with E-state index in [0.717, 1.165) is 120 Å².